The molecule has 6 heteroatoms. The Morgan fingerprint density at radius 2 is 1.64 bits per heavy atom. The standard InChI is InChI=1S/C27H27FN4O/c28-25-12-11-24(22-9-4-5-10-23(22)25)27(33)31-15-6-14-30(17-18-31)20-26-29-13-16-32(26)19-21-7-2-1-3-8-21/h1-5,7-13,16H,6,14-15,17-20H2. The average molecular weight is 443 g/mol. The topological polar surface area (TPSA) is 41.4 Å². The predicted octanol–water partition coefficient (Wildman–Crippen LogP) is 4.57. The normalized spacial score (nSPS) is 15.0. The van der Waals surface area contributed by atoms with E-state index >= 15 is 0 Å². The fourth-order valence-corrected chi connectivity index (χ4v) is 4.57. The molecule has 0 N–H and O–H groups in total. The Bertz CT molecular complexity index is 1250. The fraction of sp³-hybridized carbons (Fsp3) is 0.259. The molecule has 0 atom stereocenters. The Labute approximate surface area is 193 Å². The van der Waals surface area contributed by atoms with Crippen molar-refractivity contribution in [2.75, 3.05) is 26.2 Å². The van der Waals surface area contributed by atoms with Crippen molar-refractivity contribution in [3.05, 3.63) is 102 Å². The van der Waals surface area contributed by atoms with Gasteiger partial charge in [0.2, 0.25) is 0 Å². The fourth-order valence-electron chi connectivity index (χ4n) is 4.57. The van der Waals surface area contributed by atoms with Crippen molar-refractivity contribution in [1.82, 2.24) is 19.4 Å². The Morgan fingerprint density at radius 1 is 0.848 bits per heavy atom. The van der Waals surface area contributed by atoms with Crippen LogP contribution in [0.2, 0.25) is 0 Å². The summed E-state index contributed by atoms with van der Waals surface area (Å²) in [4.78, 5) is 22.2. The molecule has 0 spiro atoms. The molecule has 1 amide bonds. The summed E-state index contributed by atoms with van der Waals surface area (Å²) in [7, 11) is 0. The van der Waals surface area contributed by atoms with Gasteiger partial charge in [-0.15, -0.1) is 0 Å². The molecule has 3 aromatic carbocycles. The lowest BCUT2D eigenvalue weighted by Gasteiger charge is -2.23. The van der Waals surface area contributed by atoms with Gasteiger partial charge in [-0.2, -0.15) is 0 Å². The van der Waals surface area contributed by atoms with Crippen LogP contribution in [0.15, 0.2) is 79.1 Å². The van der Waals surface area contributed by atoms with E-state index in [9.17, 15) is 9.18 Å². The van der Waals surface area contributed by atoms with E-state index in [1.165, 1.54) is 11.6 Å². The molecule has 2 heterocycles. The molecule has 168 valence electrons. The van der Waals surface area contributed by atoms with Crippen LogP contribution in [0.25, 0.3) is 10.8 Å². The Morgan fingerprint density at radius 3 is 2.48 bits per heavy atom. The zero-order valence-corrected chi connectivity index (χ0v) is 18.5. The van der Waals surface area contributed by atoms with E-state index in [0.29, 0.717) is 29.4 Å². The third-order valence-corrected chi connectivity index (χ3v) is 6.34. The Kier molecular flexibility index (Phi) is 6.17. The summed E-state index contributed by atoms with van der Waals surface area (Å²) < 4.78 is 16.4. The van der Waals surface area contributed by atoms with Gasteiger partial charge < -0.3 is 9.47 Å². The van der Waals surface area contributed by atoms with Crippen molar-refractivity contribution in [1.29, 1.82) is 0 Å². The number of hydrogen-bond donors (Lipinski definition) is 0. The molecule has 0 unspecified atom stereocenters. The highest BCUT2D eigenvalue weighted by atomic mass is 19.1. The number of fused-ring (bicyclic) bond motifs is 1. The molecule has 5 nitrogen and oxygen atoms in total. The molecule has 1 saturated heterocycles. The number of halogens is 1. The molecule has 1 aliphatic rings. The minimum atomic E-state index is -0.296. The van der Waals surface area contributed by atoms with Crippen LogP contribution in [-0.4, -0.2) is 51.4 Å². The minimum Gasteiger partial charge on any atom is -0.337 e. The van der Waals surface area contributed by atoms with Crippen LogP contribution in [0.1, 0.15) is 28.2 Å². The molecular weight excluding hydrogens is 415 g/mol. The number of carbonyl (C=O) groups is 1. The van der Waals surface area contributed by atoms with Crippen LogP contribution in [0.4, 0.5) is 4.39 Å². The van der Waals surface area contributed by atoms with Gasteiger partial charge in [0.15, 0.2) is 0 Å². The molecule has 5 rings (SSSR count). The van der Waals surface area contributed by atoms with Crippen molar-refractivity contribution in [3.63, 3.8) is 0 Å². The van der Waals surface area contributed by atoms with E-state index in [2.05, 4.69) is 38.7 Å². The number of hydrogen-bond acceptors (Lipinski definition) is 3. The van der Waals surface area contributed by atoms with Crippen molar-refractivity contribution in [2.24, 2.45) is 0 Å². The van der Waals surface area contributed by atoms with Crippen molar-refractivity contribution in [3.8, 4) is 0 Å². The van der Waals surface area contributed by atoms with Crippen LogP contribution in [0.5, 0.6) is 0 Å². The summed E-state index contributed by atoms with van der Waals surface area (Å²) in [5.41, 5.74) is 1.81. The largest absolute Gasteiger partial charge is 0.337 e. The first-order valence-electron chi connectivity index (χ1n) is 11.4. The van der Waals surface area contributed by atoms with Gasteiger partial charge in [0.25, 0.3) is 5.91 Å². The molecule has 0 bridgehead atoms. The molecule has 1 aromatic heterocycles. The predicted molar refractivity (Wildman–Crippen MR) is 127 cm³/mol. The number of aromatic nitrogens is 2. The monoisotopic (exact) mass is 442 g/mol. The summed E-state index contributed by atoms with van der Waals surface area (Å²) in [5.74, 6) is 0.706. The SMILES string of the molecule is O=C(c1ccc(F)c2ccccc12)N1CCCN(Cc2nccn2Cc2ccccc2)CC1. The maximum absolute atomic E-state index is 14.2. The first-order valence-corrected chi connectivity index (χ1v) is 11.4. The first-order chi connectivity index (χ1) is 16.2. The number of rotatable bonds is 5. The molecule has 1 aliphatic heterocycles. The quantitative estimate of drug-likeness (QED) is 0.455. The smallest absolute Gasteiger partial charge is 0.254 e. The van der Waals surface area contributed by atoms with Gasteiger partial charge in [-0.1, -0.05) is 54.6 Å². The molecule has 33 heavy (non-hydrogen) atoms. The maximum atomic E-state index is 14.2. The molecule has 1 fully saturated rings. The lowest BCUT2D eigenvalue weighted by Crippen LogP contribution is -2.35. The van der Waals surface area contributed by atoms with Crippen LogP contribution in [0.3, 0.4) is 0 Å². The highest BCUT2D eigenvalue weighted by Gasteiger charge is 2.23. The molecule has 0 radical (unpaired) electrons. The zero-order chi connectivity index (χ0) is 22.6. The van der Waals surface area contributed by atoms with Gasteiger partial charge in [0.1, 0.15) is 11.6 Å². The van der Waals surface area contributed by atoms with Gasteiger partial charge in [0.05, 0.1) is 6.54 Å². The number of benzene rings is 3. The molecule has 4 aromatic rings. The summed E-state index contributed by atoms with van der Waals surface area (Å²) in [6.07, 6.45) is 4.77. The van der Waals surface area contributed by atoms with E-state index < -0.39 is 0 Å². The third-order valence-electron chi connectivity index (χ3n) is 6.34. The molecule has 0 aliphatic carbocycles. The summed E-state index contributed by atoms with van der Waals surface area (Å²) in [5, 5.41) is 1.16. The van der Waals surface area contributed by atoms with Gasteiger partial charge in [-0.25, -0.2) is 9.37 Å². The van der Waals surface area contributed by atoms with Crippen LogP contribution >= 0.6 is 0 Å². The van der Waals surface area contributed by atoms with Gasteiger partial charge in [-0.05, 0) is 29.5 Å². The molecular formula is C27H27FN4O. The third kappa shape index (κ3) is 4.66. The van der Waals surface area contributed by atoms with Gasteiger partial charge in [-0.3, -0.25) is 9.69 Å². The second-order valence-electron chi connectivity index (χ2n) is 8.52. The van der Waals surface area contributed by atoms with Crippen LogP contribution < -0.4 is 0 Å². The maximum Gasteiger partial charge on any atom is 0.254 e. The highest BCUT2D eigenvalue weighted by molar-refractivity contribution is 6.07. The van der Waals surface area contributed by atoms with E-state index in [1.54, 1.807) is 18.2 Å². The van der Waals surface area contributed by atoms with Crippen molar-refractivity contribution >= 4 is 16.7 Å². The van der Waals surface area contributed by atoms with Gasteiger partial charge >= 0.3 is 0 Å². The summed E-state index contributed by atoms with van der Waals surface area (Å²) in [6, 6.07) is 20.6. The number of nitrogens with zero attached hydrogens (tertiary/aromatic N) is 4. The summed E-state index contributed by atoms with van der Waals surface area (Å²) >= 11 is 0. The number of amides is 1. The number of imidazole rings is 1. The number of carbonyl (C=O) groups excluding carboxylic acids is 1. The van der Waals surface area contributed by atoms with Crippen LogP contribution in [0, 0.1) is 5.82 Å². The van der Waals surface area contributed by atoms with E-state index in [4.69, 9.17) is 0 Å². The Balaban J connectivity index is 1.26. The second kappa shape index (κ2) is 9.55. The highest BCUT2D eigenvalue weighted by Crippen LogP contribution is 2.23. The van der Waals surface area contributed by atoms with Crippen LogP contribution in [-0.2, 0) is 13.1 Å². The molecule has 0 saturated carbocycles. The minimum absolute atomic E-state index is 0.0290. The lowest BCUT2D eigenvalue weighted by molar-refractivity contribution is 0.0763. The zero-order valence-electron chi connectivity index (χ0n) is 18.5. The van der Waals surface area contributed by atoms with E-state index in [1.807, 2.05) is 35.5 Å². The van der Waals surface area contributed by atoms with E-state index in [0.717, 1.165) is 38.4 Å². The van der Waals surface area contributed by atoms with E-state index in [-0.39, 0.29) is 11.7 Å². The van der Waals surface area contributed by atoms with Gasteiger partial charge in [0, 0.05) is 56.1 Å². The summed E-state index contributed by atoms with van der Waals surface area (Å²) in [6.45, 7) is 4.58. The van der Waals surface area contributed by atoms with Crippen molar-refractivity contribution in [2.45, 2.75) is 19.5 Å². The first kappa shape index (κ1) is 21.3. The van der Waals surface area contributed by atoms with Crippen molar-refractivity contribution < 1.29 is 9.18 Å². The Hall–Kier alpha value is -3.51. The average Bonchev–Trinajstić information content (AvgIpc) is 3.13. The lowest BCUT2D eigenvalue weighted by atomic mass is 10.0. The second-order valence-corrected chi connectivity index (χ2v) is 8.52.